The Hall–Kier alpha value is -3.45. The van der Waals surface area contributed by atoms with Crippen LogP contribution in [0.2, 0.25) is 0 Å². The molecule has 0 amide bonds. The average molecular weight is 458 g/mol. The van der Waals surface area contributed by atoms with Gasteiger partial charge in [0.1, 0.15) is 17.2 Å². The third-order valence-electron chi connectivity index (χ3n) is 8.47. The summed E-state index contributed by atoms with van der Waals surface area (Å²) in [7, 11) is 1.63. The van der Waals surface area contributed by atoms with E-state index >= 15 is 0 Å². The summed E-state index contributed by atoms with van der Waals surface area (Å²) < 4.78 is 7.01. The van der Waals surface area contributed by atoms with E-state index in [1.54, 1.807) is 17.9 Å². The van der Waals surface area contributed by atoms with Crippen LogP contribution in [-0.4, -0.2) is 43.7 Å². The van der Waals surface area contributed by atoms with Crippen LogP contribution >= 0.6 is 0 Å². The number of ether oxygens (including phenoxy) is 1. The smallest absolute Gasteiger partial charge is 0.168 e. The van der Waals surface area contributed by atoms with Crippen LogP contribution in [0.5, 0.6) is 11.5 Å². The van der Waals surface area contributed by atoms with Gasteiger partial charge in [-0.2, -0.15) is 0 Å². The Bertz CT molecular complexity index is 1340. The molecule has 3 aliphatic carbocycles. The number of rotatable bonds is 4. The number of carbonyl (C=O) groups excluding carboxylic acids is 1. The van der Waals surface area contributed by atoms with Gasteiger partial charge in [-0.3, -0.25) is 9.48 Å². The van der Waals surface area contributed by atoms with Crippen LogP contribution in [0.15, 0.2) is 54.7 Å². The van der Waals surface area contributed by atoms with Crippen molar-refractivity contribution in [1.29, 1.82) is 0 Å². The van der Waals surface area contributed by atoms with E-state index in [-0.39, 0.29) is 23.4 Å². The molecule has 34 heavy (non-hydrogen) atoms. The lowest BCUT2D eigenvalue weighted by atomic mass is 9.62. The maximum Gasteiger partial charge on any atom is 0.168 e. The fourth-order valence-electron chi connectivity index (χ4n) is 6.77. The quantitative estimate of drug-likeness (QED) is 0.577. The van der Waals surface area contributed by atoms with Gasteiger partial charge in [-0.25, -0.2) is 0 Å². The molecule has 4 atom stereocenters. The van der Waals surface area contributed by atoms with Crippen molar-refractivity contribution in [3.63, 3.8) is 0 Å². The van der Waals surface area contributed by atoms with E-state index in [1.807, 2.05) is 43.5 Å². The second-order valence-corrected chi connectivity index (χ2v) is 9.97. The van der Waals surface area contributed by atoms with E-state index < -0.39 is 11.0 Å². The molecule has 2 N–H and O–H groups in total. The van der Waals surface area contributed by atoms with Gasteiger partial charge in [0.05, 0.1) is 30.9 Å². The first-order valence-corrected chi connectivity index (χ1v) is 11.6. The summed E-state index contributed by atoms with van der Waals surface area (Å²) in [4.78, 5) is 13.8. The molecule has 0 unspecified atom stereocenters. The summed E-state index contributed by atoms with van der Waals surface area (Å²) >= 11 is 0. The van der Waals surface area contributed by atoms with E-state index in [1.165, 1.54) is 0 Å². The minimum absolute atomic E-state index is 0.0107. The van der Waals surface area contributed by atoms with Crippen molar-refractivity contribution in [1.82, 2.24) is 15.0 Å². The number of hydrogen-bond acceptors (Lipinski definition) is 6. The molecular formula is C27H27N3O4. The SMILES string of the molecule is C=C1C(=O)[C@]23C[C@@]1(O)CC[C@H]2c1ccc(O)c(C)c1[C@@H]3Cn1cc(-c2ccc(OC)cc2)nn1. The maximum atomic E-state index is 13.8. The van der Waals surface area contributed by atoms with Gasteiger partial charge >= 0.3 is 0 Å². The summed E-state index contributed by atoms with van der Waals surface area (Å²) in [6.07, 6.45) is 3.49. The van der Waals surface area contributed by atoms with Gasteiger partial charge < -0.3 is 14.9 Å². The molecule has 2 saturated carbocycles. The molecule has 174 valence electrons. The molecule has 0 saturated heterocycles. The monoisotopic (exact) mass is 457 g/mol. The van der Waals surface area contributed by atoms with Gasteiger partial charge in [-0.15, -0.1) is 5.10 Å². The lowest BCUT2D eigenvalue weighted by Crippen LogP contribution is -2.41. The van der Waals surface area contributed by atoms with E-state index in [4.69, 9.17) is 4.74 Å². The number of fused-ring (bicyclic) bond motifs is 3. The molecule has 6 rings (SSSR count). The Morgan fingerprint density at radius 2 is 2.00 bits per heavy atom. The lowest BCUT2D eigenvalue weighted by molar-refractivity contribution is -0.126. The molecule has 1 heterocycles. The molecule has 1 aromatic heterocycles. The molecule has 3 aliphatic rings. The number of phenols is 1. The fourth-order valence-corrected chi connectivity index (χ4v) is 6.77. The highest BCUT2D eigenvalue weighted by atomic mass is 16.5. The van der Waals surface area contributed by atoms with Crippen LogP contribution in [0.1, 0.15) is 47.8 Å². The Kier molecular flexibility index (Phi) is 4.36. The predicted octanol–water partition coefficient (Wildman–Crippen LogP) is 3.89. The highest BCUT2D eigenvalue weighted by Crippen LogP contribution is 2.70. The van der Waals surface area contributed by atoms with Gasteiger partial charge in [-0.1, -0.05) is 17.9 Å². The molecule has 2 aromatic carbocycles. The maximum absolute atomic E-state index is 13.8. The Labute approximate surface area is 197 Å². The molecular weight excluding hydrogens is 430 g/mol. The van der Waals surface area contributed by atoms with E-state index in [0.29, 0.717) is 31.4 Å². The van der Waals surface area contributed by atoms with Crippen molar-refractivity contribution < 1.29 is 19.7 Å². The molecule has 1 spiro atoms. The number of methoxy groups -OCH3 is 1. The fraction of sp³-hybridized carbons (Fsp3) is 0.370. The van der Waals surface area contributed by atoms with Crippen LogP contribution < -0.4 is 4.74 Å². The number of ketones is 1. The van der Waals surface area contributed by atoms with Crippen molar-refractivity contribution in [2.75, 3.05) is 7.11 Å². The first kappa shape index (κ1) is 21.1. The lowest BCUT2D eigenvalue weighted by Gasteiger charge is -2.41. The van der Waals surface area contributed by atoms with Crippen LogP contribution in [0.25, 0.3) is 11.3 Å². The molecule has 2 fully saturated rings. The molecule has 7 nitrogen and oxygen atoms in total. The van der Waals surface area contributed by atoms with Crippen LogP contribution in [0.4, 0.5) is 0 Å². The summed E-state index contributed by atoms with van der Waals surface area (Å²) in [5.74, 6) is 0.680. The molecule has 0 aliphatic heterocycles. The minimum atomic E-state index is -1.15. The van der Waals surface area contributed by atoms with Crippen molar-refractivity contribution >= 4 is 5.78 Å². The van der Waals surface area contributed by atoms with Crippen LogP contribution in [0.3, 0.4) is 0 Å². The molecule has 7 heteroatoms. The van der Waals surface area contributed by atoms with Crippen molar-refractivity contribution in [3.05, 3.63) is 71.4 Å². The number of phenolic OH excluding ortho intramolecular Hbond substituents is 1. The Morgan fingerprint density at radius 1 is 1.24 bits per heavy atom. The van der Waals surface area contributed by atoms with Gasteiger partial charge in [0.2, 0.25) is 0 Å². The second kappa shape index (κ2) is 7.03. The summed E-state index contributed by atoms with van der Waals surface area (Å²) in [5, 5.41) is 30.5. The largest absolute Gasteiger partial charge is 0.508 e. The number of benzene rings is 2. The number of hydrogen-bond donors (Lipinski definition) is 2. The standard InChI is InChI=1S/C27H27N3O4/c1-15-23(31)9-8-19-20-10-11-26(33)14-27(20,25(32)16(26)2)21(24(15)19)12-30-13-22(28-29-30)17-4-6-18(34-3)7-5-17/h4-9,13,20-21,31,33H,2,10-12,14H2,1,3H3/t20-,21-,26-,27+/m0/s1. The zero-order valence-corrected chi connectivity index (χ0v) is 19.3. The number of aromatic nitrogens is 3. The van der Waals surface area contributed by atoms with Gasteiger partial charge in [-0.05, 0) is 79.1 Å². The number of nitrogens with zero attached hydrogens (tertiary/aromatic N) is 3. The van der Waals surface area contributed by atoms with Gasteiger partial charge in [0.15, 0.2) is 5.78 Å². The van der Waals surface area contributed by atoms with E-state index in [9.17, 15) is 15.0 Å². The third kappa shape index (κ3) is 2.64. The zero-order valence-electron chi connectivity index (χ0n) is 19.3. The number of Topliss-reactive ketones (excluding diaryl/α,β-unsaturated/α-hetero) is 1. The van der Waals surface area contributed by atoms with Gasteiger partial charge in [0, 0.05) is 17.1 Å². The Balaban J connectivity index is 1.44. The second-order valence-electron chi connectivity index (χ2n) is 9.97. The topological polar surface area (TPSA) is 97.5 Å². The molecule has 0 radical (unpaired) electrons. The third-order valence-corrected chi connectivity index (χ3v) is 8.47. The van der Waals surface area contributed by atoms with Crippen molar-refractivity contribution in [3.8, 4) is 22.8 Å². The highest BCUT2D eigenvalue weighted by molar-refractivity contribution is 6.06. The average Bonchev–Trinajstić information content (AvgIpc) is 3.46. The molecule has 2 bridgehead atoms. The van der Waals surface area contributed by atoms with E-state index in [0.717, 1.165) is 33.7 Å². The van der Waals surface area contributed by atoms with E-state index in [2.05, 4.69) is 16.9 Å². The predicted molar refractivity (Wildman–Crippen MR) is 126 cm³/mol. The highest BCUT2D eigenvalue weighted by Gasteiger charge is 2.69. The van der Waals surface area contributed by atoms with Crippen LogP contribution in [0, 0.1) is 12.3 Å². The number of aliphatic hydroxyl groups is 1. The van der Waals surface area contributed by atoms with Crippen molar-refractivity contribution in [2.45, 2.75) is 50.2 Å². The summed E-state index contributed by atoms with van der Waals surface area (Å²) in [6.45, 7) is 6.34. The number of carbonyl (C=O) groups is 1. The summed E-state index contributed by atoms with van der Waals surface area (Å²) in [6, 6.07) is 11.3. The summed E-state index contributed by atoms with van der Waals surface area (Å²) in [5.41, 5.74) is 2.92. The Morgan fingerprint density at radius 3 is 2.74 bits per heavy atom. The minimum Gasteiger partial charge on any atom is -0.508 e. The van der Waals surface area contributed by atoms with Gasteiger partial charge in [0.25, 0.3) is 0 Å². The molecule has 3 aromatic rings. The van der Waals surface area contributed by atoms with Crippen molar-refractivity contribution in [2.24, 2.45) is 5.41 Å². The van der Waals surface area contributed by atoms with Crippen LogP contribution in [-0.2, 0) is 11.3 Å². The zero-order chi connectivity index (χ0) is 23.8. The normalized spacial score (nSPS) is 29.3. The first-order chi connectivity index (χ1) is 16.3. The number of aromatic hydroxyl groups is 1. The first-order valence-electron chi connectivity index (χ1n) is 11.6.